The Bertz CT molecular complexity index is 531. The van der Waals surface area contributed by atoms with Crippen molar-refractivity contribution in [1.29, 1.82) is 0 Å². The summed E-state index contributed by atoms with van der Waals surface area (Å²) in [4.78, 5) is 8.37. The van der Waals surface area contributed by atoms with Crippen molar-refractivity contribution in [3.8, 4) is 0 Å². The molecule has 0 unspecified atom stereocenters. The Balaban J connectivity index is 2.00. The van der Waals surface area contributed by atoms with E-state index in [1.54, 1.807) is 6.33 Å². The molecule has 2 heterocycles. The fraction of sp³-hybridized carbons (Fsp3) is 0.538. The third kappa shape index (κ3) is 3.17. The molecule has 0 amide bonds. The molecule has 0 aliphatic carbocycles. The maximum atomic E-state index is 5.75. The molecule has 0 bridgehead atoms. The number of hydrogen-bond donors (Lipinski definition) is 0. The Morgan fingerprint density at radius 1 is 1.33 bits per heavy atom. The summed E-state index contributed by atoms with van der Waals surface area (Å²) in [6, 6.07) is 1.19. The molecule has 0 aromatic carbocycles. The summed E-state index contributed by atoms with van der Waals surface area (Å²) in [5, 5.41) is 1.10. The van der Waals surface area contributed by atoms with Gasteiger partial charge >= 0.3 is 0 Å². The minimum atomic E-state index is -1.00. The first kappa shape index (κ1) is 13.2. The van der Waals surface area contributed by atoms with E-state index in [0.29, 0.717) is 6.73 Å². The van der Waals surface area contributed by atoms with Crippen LogP contribution in [0.1, 0.15) is 5.56 Å². The predicted molar refractivity (Wildman–Crippen MR) is 76.4 cm³/mol. The second-order valence-corrected chi connectivity index (χ2v) is 11.5. The molecule has 18 heavy (non-hydrogen) atoms. The lowest BCUT2D eigenvalue weighted by molar-refractivity contribution is 0.0898. The molecule has 0 atom stereocenters. The molecule has 0 spiro atoms. The fourth-order valence-corrected chi connectivity index (χ4v) is 2.59. The van der Waals surface area contributed by atoms with Gasteiger partial charge in [-0.3, -0.25) is 0 Å². The summed E-state index contributed by atoms with van der Waals surface area (Å²) in [6.45, 7) is 10.6. The standard InChI is InChI=1S/C13H21N3OSi/c1-11-8-16(10-17-5-6-18(2,3)4)13-12(11)7-14-9-15-13/h7-9H,5-6,10H2,1-4H3. The van der Waals surface area contributed by atoms with E-state index in [1.807, 2.05) is 6.20 Å². The zero-order chi connectivity index (χ0) is 13.2. The molecule has 98 valence electrons. The van der Waals surface area contributed by atoms with Crippen LogP contribution in [-0.4, -0.2) is 29.2 Å². The molecule has 0 fully saturated rings. The van der Waals surface area contributed by atoms with Crippen molar-refractivity contribution in [2.45, 2.75) is 39.3 Å². The molecule has 0 saturated heterocycles. The van der Waals surface area contributed by atoms with Crippen LogP contribution >= 0.6 is 0 Å². The molecular formula is C13H21N3OSi. The van der Waals surface area contributed by atoms with Crippen LogP contribution in [0, 0.1) is 6.92 Å². The summed E-state index contributed by atoms with van der Waals surface area (Å²) in [5.41, 5.74) is 2.15. The number of hydrogen-bond acceptors (Lipinski definition) is 3. The van der Waals surface area contributed by atoms with Gasteiger partial charge in [-0.2, -0.15) is 0 Å². The van der Waals surface area contributed by atoms with Gasteiger partial charge in [-0.1, -0.05) is 19.6 Å². The van der Waals surface area contributed by atoms with Gasteiger partial charge in [0.15, 0.2) is 0 Å². The topological polar surface area (TPSA) is 39.9 Å². The number of aryl methyl sites for hydroxylation is 1. The van der Waals surface area contributed by atoms with Crippen LogP contribution in [0.3, 0.4) is 0 Å². The molecule has 0 aliphatic heterocycles. The van der Waals surface area contributed by atoms with Crippen molar-refractivity contribution < 1.29 is 4.74 Å². The molecule has 2 aromatic rings. The van der Waals surface area contributed by atoms with Crippen LogP contribution in [0.25, 0.3) is 11.0 Å². The quantitative estimate of drug-likeness (QED) is 0.615. The van der Waals surface area contributed by atoms with Crippen molar-refractivity contribution in [1.82, 2.24) is 14.5 Å². The zero-order valence-corrected chi connectivity index (χ0v) is 12.6. The monoisotopic (exact) mass is 263 g/mol. The SMILES string of the molecule is Cc1cn(COCC[Si](C)(C)C)c2ncncc12. The second-order valence-electron chi connectivity index (χ2n) is 5.89. The Kier molecular flexibility index (Phi) is 3.82. The average molecular weight is 263 g/mol. The lowest BCUT2D eigenvalue weighted by Gasteiger charge is -2.15. The number of fused-ring (bicyclic) bond motifs is 1. The largest absolute Gasteiger partial charge is 0.361 e. The second kappa shape index (κ2) is 5.20. The van der Waals surface area contributed by atoms with E-state index in [4.69, 9.17) is 4.74 Å². The minimum Gasteiger partial charge on any atom is -0.361 e. The Morgan fingerprint density at radius 3 is 2.83 bits per heavy atom. The molecule has 5 heteroatoms. The number of ether oxygens (including phenoxy) is 1. The van der Waals surface area contributed by atoms with E-state index < -0.39 is 8.07 Å². The van der Waals surface area contributed by atoms with Crippen molar-refractivity contribution >= 4 is 19.1 Å². The first-order chi connectivity index (χ1) is 8.47. The molecule has 0 radical (unpaired) electrons. The van der Waals surface area contributed by atoms with Gasteiger partial charge in [-0.05, 0) is 18.5 Å². The summed E-state index contributed by atoms with van der Waals surface area (Å²) in [6.07, 6.45) is 5.52. The van der Waals surface area contributed by atoms with E-state index in [1.165, 1.54) is 11.6 Å². The molecular weight excluding hydrogens is 242 g/mol. The van der Waals surface area contributed by atoms with Crippen molar-refractivity contribution in [2.75, 3.05) is 6.61 Å². The van der Waals surface area contributed by atoms with Crippen molar-refractivity contribution in [2.24, 2.45) is 0 Å². The molecule has 2 aromatic heterocycles. The highest BCUT2D eigenvalue weighted by molar-refractivity contribution is 6.76. The van der Waals surface area contributed by atoms with Crippen LogP contribution in [0.5, 0.6) is 0 Å². The van der Waals surface area contributed by atoms with E-state index >= 15 is 0 Å². The van der Waals surface area contributed by atoms with Gasteiger partial charge in [0.05, 0.1) is 0 Å². The molecule has 4 nitrogen and oxygen atoms in total. The lowest BCUT2D eigenvalue weighted by Crippen LogP contribution is -2.22. The highest BCUT2D eigenvalue weighted by Crippen LogP contribution is 2.17. The molecule has 2 rings (SSSR count). The van der Waals surface area contributed by atoms with Crippen LogP contribution in [0.4, 0.5) is 0 Å². The maximum Gasteiger partial charge on any atom is 0.145 e. The minimum absolute atomic E-state index is 0.575. The smallest absolute Gasteiger partial charge is 0.145 e. The van der Waals surface area contributed by atoms with E-state index in [2.05, 4.69) is 47.3 Å². The van der Waals surface area contributed by atoms with Gasteiger partial charge in [0.2, 0.25) is 0 Å². The molecule has 0 saturated carbocycles. The Morgan fingerprint density at radius 2 is 2.11 bits per heavy atom. The normalized spacial score (nSPS) is 12.2. The Hall–Kier alpha value is -1.20. The van der Waals surface area contributed by atoms with Crippen molar-refractivity contribution in [3.63, 3.8) is 0 Å². The first-order valence-electron chi connectivity index (χ1n) is 6.30. The number of rotatable bonds is 5. The Labute approximate surface area is 109 Å². The lowest BCUT2D eigenvalue weighted by atomic mass is 10.3. The van der Waals surface area contributed by atoms with Crippen LogP contribution in [-0.2, 0) is 11.5 Å². The highest BCUT2D eigenvalue weighted by Gasteiger charge is 2.12. The van der Waals surface area contributed by atoms with E-state index in [0.717, 1.165) is 17.6 Å². The van der Waals surface area contributed by atoms with Gasteiger partial charge in [0.1, 0.15) is 18.7 Å². The van der Waals surface area contributed by atoms with E-state index in [-0.39, 0.29) is 0 Å². The summed E-state index contributed by atoms with van der Waals surface area (Å²) in [7, 11) is -1.00. The van der Waals surface area contributed by atoms with Crippen molar-refractivity contribution in [3.05, 3.63) is 24.3 Å². The third-order valence-corrected chi connectivity index (χ3v) is 4.67. The van der Waals surface area contributed by atoms with Gasteiger partial charge in [0, 0.05) is 32.5 Å². The zero-order valence-electron chi connectivity index (χ0n) is 11.6. The highest BCUT2D eigenvalue weighted by atomic mass is 28.3. The van der Waals surface area contributed by atoms with Crippen LogP contribution < -0.4 is 0 Å². The summed E-state index contributed by atoms with van der Waals surface area (Å²) in [5.74, 6) is 0. The molecule has 0 N–H and O–H groups in total. The van der Waals surface area contributed by atoms with Gasteiger partial charge < -0.3 is 9.30 Å². The van der Waals surface area contributed by atoms with Gasteiger partial charge in [-0.15, -0.1) is 0 Å². The predicted octanol–water partition coefficient (Wildman–Crippen LogP) is 3.05. The number of nitrogens with zero attached hydrogens (tertiary/aromatic N) is 3. The first-order valence-corrected chi connectivity index (χ1v) is 10.0. The van der Waals surface area contributed by atoms with Crippen LogP contribution in [0.15, 0.2) is 18.7 Å². The maximum absolute atomic E-state index is 5.75. The van der Waals surface area contributed by atoms with Gasteiger partial charge in [0.25, 0.3) is 0 Å². The third-order valence-electron chi connectivity index (χ3n) is 2.96. The van der Waals surface area contributed by atoms with Crippen LogP contribution in [0.2, 0.25) is 25.7 Å². The summed E-state index contributed by atoms with van der Waals surface area (Å²) < 4.78 is 7.81. The van der Waals surface area contributed by atoms with Gasteiger partial charge in [-0.25, -0.2) is 9.97 Å². The van der Waals surface area contributed by atoms with E-state index in [9.17, 15) is 0 Å². The number of aromatic nitrogens is 3. The summed E-state index contributed by atoms with van der Waals surface area (Å²) >= 11 is 0. The fourth-order valence-electron chi connectivity index (χ4n) is 1.83. The molecule has 0 aliphatic rings. The average Bonchev–Trinajstić information content (AvgIpc) is 2.62.